The molecule has 0 aromatic heterocycles. The standard InChI is InChI=1S/Cd.2NO3.9H2O/c;2*2-1(3)4;;;;;;;;;/h;;;9*1H2/q+2;2*-1;;;;;;;;;. The van der Waals surface area contributed by atoms with Gasteiger partial charge in [-0.25, -0.2) is 0 Å². The fourth-order valence-corrected chi connectivity index (χ4v) is 0. The minimum atomic E-state index is -1.75. The molecule has 0 atom stereocenters. The van der Waals surface area contributed by atoms with E-state index in [1.54, 1.807) is 0 Å². The molecule has 0 spiro atoms. The Morgan fingerprint density at radius 3 is 0.444 bits per heavy atom. The van der Waals surface area contributed by atoms with Crippen LogP contribution in [0.5, 0.6) is 0 Å². The predicted molar refractivity (Wildman–Crippen MR) is 53.2 cm³/mol. The first-order chi connectivity index (χ1) is 3.46. The van der Waals surface area contributed by atoms with Gasteiger partial charge in [-0.1, -0.05) is 0 Å². The average Bonchev–Trinajstić information content (AvgIpc) is 1.25. The Balaban J connectivity index is -0.00000000257. The van der Waals surface area contributed by atoms with Gasteiger partial charge in [0.1, 0.15) is 0 Å². The molecule has 0 heterocycles. The molecule has 0 aliphatic heterocycles. The van der Waals surface area contributed by atoms with Crippen molar-refractivity contribution in [3.8, 4) is 0 Å². The van der Waals surface area contributed by atoms with E-state index in [4.69, 9.17) is 30.6 Å². The summed E-state index contributed by atoms with van der Waals surface area (Å²) in [6.07, 6.45) is 0. The summed E-state index contributed by atoms with van der Waals surface area (Å²) >= 11 is 0. The van der Waals surface area contributed by atoms with Crippen LogP contribution in [0.2, 0.25) is 0 Å². The third-order valence-electron chi connectivity index (χ3n) is 0. The first-order valence-corrected chi connectivity index (χ1v) is 1.10. The van der Waals surface area contributed by atoms with Gasteiger partial charge in [-0.05, 0) is 0 Å². The van der Waals surface area contributed by atoms with E-state index < -0.39 is 10.2 Å². The minimum absolute atomic E-state index is 0. The molecule has 0 aliphatic rings. The normalized spacial score (nSPS) is 2.67. The molecule has 0 fully saturated rings. The van der Waals surface area contributed by atoms with Gasteiger partial charge in [0.25, 0.3) is 0 Å². The van der Waals surface area contributed by atoms with Gasteiger partial charge in [-0.2, -0.15) is 0 Å². The summed E-state index contributed by atoms with van der Waals surface area (Å²) in [6, 6.07) is 0. The van der Waals surface area contributed by atoms with Crippen LogP contribution in [-0.4, -0.2) is 59.5 Å². The van der Waals surface area contributed by atoms with Crippen molar-refractivity contribution in [2.24, 2.45) is 0 Å². The molecule has 0 aliphatic carbocycles. The average molecular weight is 399 g/mol. The van der Waals surface area contributed by atoms with Crippen molar-refractivity contribution in [3.05, 3.63) is 30.6 Å². The van der Waals surface area contributed by atoms with E-state index in [1.165, 1.54) is 0 Å². The molecule has 0 saturated carbocycles. The fraction of sp³-hybridized carbons (Fsp3) is 0. The fourth-order valence-electron chi connectivity index (χ4n) is 0. The maximum absolute atomic E-state index is 8.25. The zero-order chi connectivity index (χ0) is 7.15. The molecular weight excluding hydrogens is 380 g/mol. The van der Waals surface area contributed by atoms with Crippen LogP contribution in [-0.2, 0) is 27.3 Å². The van der Waals surface area contributed by atoms with Crippen LogP contribution < -0.4 is 0 Å². The Morgan fingerprint density at radius 2 is 0.444 bits per heavy atom. The maximum atomic E-state index is 8.25. The van der Waals surface area contributed by atoms with Gasteiger partial charge in [0.15, 0.2) is 0 Å². The van der Waals surface area contributed by atoms with Crippen LogP contribution in [0.1, 0.15) is 0 Å². The Bertz CT molecular complexity index is 72.5. The van der Waals surface area contributed by atoms with Crippen LogP contribution in [0.3, 0.4) is 0 Å². The van der Waals surface area contributed by atoms with Crippen molar-refractivity contribution >= 4 is 0 Å². The van der Waals surface area contributed by atoms with Crippen LogP contribution in [0.4, 0.5) is 0 Å². The molecule has 0 aromatic rings. The molecule has 0 aromatic carbocycles. The second-order valence-electron chi connectivity index (χ2n) is 0.447. The van der Waals surface area contributed by atoms with Gasteiger partial charge in [-0.15, -0.1) is 0 Å². The smallest absolute Gasteiger partial charge is 0.412 e. The molecule has 0 saturated heterocycles. The van der Waals surface area contributed by atoms with E-state index in [9.17, 15) is 0 Å². The molecule has 0 unspecified atom stereocenters. The number of hydrogen-bond donors (Lipinski definition) is 0. The molecule has 0 rings (SSSR count). The third-order valence-corrected chi connectivity index (χ3v) is 0. The van der Waals surface area contributed by atoms with E-state index >= 15 is 0 Å². The van der Waals surface area contributed by atoms with Crippen molar-refractivity contribution < 1.29 is 86.8 Å². The molecule has 18 heteroatoms. The molecule has 18 N–H and O–H groups in total. The van der Waals surface area contributed by atoms with Crippen molar-refractivity contribution in [1.29, 1.82) is 0 Å². The van der Waals surface area contributed by atoms with E-state index in [0.717, 1.165) is 0 Å². The van der Waals surface area contributed by atoms with E-state index in [1.807, 2.05) is 0 Å². The third kappa shape index (κ3) is 2710. The van der Waals surface area contributed by atoms with Crippen LogP contribution >= 0.6 is 0 Å². The summed E-state index contributed by atoms with van der Waals surface area (Å²) in [4.78, 5) is 16.5. The van der Waals surface area contributed by atoms with Crippen molar-refractivity contribution in [2.45, 2.75) is 0 Å². The van der Waals surface area contributed by atoms with Gasteiger partial charge in [0.05, 0.1) is 10.2 Å². The summed E-state index contributed by atoms with van der Waals surface area (Å²) in [5.41, 5.74) is 0. The molecule has 0 bridgehead atoms. The van der Waals surface area contributed by atoms with E-state index in [2.05, 4.69) is 0 Å². The van der Waals surface area contributed by atoms with Gasteiger partial charge in [0, 0.05) is 0 Å². The molecule has 0 amide bonds. The van der Waals surface area contributed by atoms with E-state index in [0.29, 0.717) is 0 Å². The Hall–Kier alpha value is -1.04. The van der Waals surface area contributed by atoms with Crippen LogP contribution in [0.25, 0.3) is 0 Å². The van der Waals surface area contributed by atoms with Crippen molar-refractivity contribution in [3.63, 3.8) is 0 Å². The number of hydrogen-bond acceptors (Lipinski definition) is 6. The molecule has 120 valence electrons. The van der Waals surface area contributed by atoms with Crippen LogP contribution in [0, 0.1) is 30.6 Å². The van der Waals surface area contributed by atoms with E-state index in [-0.39, 0.29) is 76.6 Å². The zero-order valence-electron chi connectivity index (χ0n) is 8.55. The Morgan fingerprint density at radius 1 is 0.444 bits per heavy atom. The molecule has 17 nitrogen and oxygen atoms in total. The molecule has 18 heavy (non-hydrogen) atoms. The largest absolute Gasteiger partial charge is 2.00 e. The van der Waals surface area contributed by atoms with Gasteiger partial charge in [0.2, 0.25) is 0 Å². The molecular formula is H18CdN2O15. The zero-order valence-corrected chi connectivity index (χ0v) is 12.6. The summed E-state index contributed by atoms with van der Waals surface area (Å²) in [6.45, 7) is 0. The minimum Gasteiger partial charge on any atom is -0.412 e. The topological polar surface area (TPSA) is 416 Å². The predicted octanol–water partition coefficient (Wildman–Crippen LogP) is -7.90. The summed E-state index contributed by atoms with van der Waals surface area (Å²) in [5, 5.41) is 29.5. The van der Waals surface area contributed by atoms with Gasteiger partial charge < -0.3 is 79.9 Å². The summed E-state index contributed by atoms with van der Waals surface area (Å²) in [5.74, 6) is 0. The second kappa shape index (κ2) is 145. The quantitative estimate of drug-likeness (QED) is 0.216. The number of rotatable bonds is 0. The van der Waals surface area contributed by atoms with Gasteiger partial charge in [-0.3, -0.25) is 0 Å². The summed E-state index contributed by atoms with van der Waals surface area (Å²) < 4.78 is 0. The van der Waals surface area contributed by atoms with Gasteiger partial charge >= 0.3 is 27.3 Å². The summed E-state index contributed by atoms with van der Waals surface area (Å²) in [7, 11) is 0. The van der Waals surface area contributed by atoms with Crippen molar-refractivity contribution in [2.75, 3.05) is 0 Å². The molecule has 0 radical (unpaired) electrons. The first-order valence-electron chi connectivity index (χ1n) is 1.10. The number of nitrogens with zero attached hydrogens (tertiary/aromatic N) is 2. The Kier molecular flexibility index (Phi) is 1420. The Labute approximate surface area is 118 Å². The van der Waals surface area contributed by atoms with Crippen molar-refractivity contribution in [1.82, 2.24) is 0 Å². The SMILES string of the molecule is O.O.O.O.O.O.O.O.O.O=[N+]([O-])[O-].O=[N+]([O-])[O-].[Cd+2]. The maximum Gasteiger partial charge on any atom is 2.00 e. The first kappa shape index (κ1) is 176. The monoisotopic (exact) mass is 400 g/mol. The second-order valence-corrected chi connectivity index (χ2v) is 0.447. The van der Waals surface area contributed by atoms with Crippen LogP contribution in [0.15, 0.2) is 0 Å².